The summed E-state index contributed by atoms with van der Waals surface area (Å²) in [6.07, 6.45) is 0.857. The number of carbonyl (C=O) groups is 2. The Morgan fingerprint density at radius 2 is 1.56 bits per heavy atom. The number of aliphatic carboxylic acids is 2. The molecule has 0 amide bonds. The molecule has 0 aromatic rings. The average molecular weight is 230 g/mol. The first-order valence-electron chi connectivity index (χ1n) is 5.77. The molecule has 2 N–H and O–H groups in total. The summed E-state index contributed by atoms with van der Waals surface area (Å²) in [6.45, 7) is 7.40. The van der Waals surface area contributed by atoms with Gasteiger partial charge in [-0.3, -0.25) is 9.59 Å². The summed E-state index contributed by atoms with van der Waals surface area (Å²) in [7, 11) is 0. The van der Waals surface area contributed by atoms with E-state index in [1.165, 1.54) is 0 Å². The van der Waals surface area contributed by atoms with Crippen molar-refractivity contribution >= 4 is 11.9 Å². The zero-order valence-electron chi connectivity index (χ0n) is 10.5. The molecular weight excluding hydrogens is 208 g/mol. The van der Waals surface area contributed by atoms with Crippen molar-refractivity contribution in [2.45, 2.75) is 47.0 Å². The molecule has 0 aromatic heterocycles. The number of hydrogen-bond acceptors (Lipinski definition) is 2. The third-order valence-corrected chi connectivity index (χ3v) is 3.60. The maximum atomic E-state index is 11.4. The van der Waals surface area contributed by atoms with E-state index < -0.39 is 17.4 Å². The predicted molar refractivity (Wildman–Crippen MR) is 61.2 cm³/mol. The SMILES string of the molecule is CCC(CC)(C(=O)O)C(CC(=O)O)C(C)C. The smallest absolute Gasteiger partial charge is 0.309 e. The van der Waals surface area contributed by atoms with E-state index in [4.69, 9.17) is 5.11 Å². The lowest BCUT2D eigenvalue weighted by Crippen LogP contribution is -2.41. The van der Waals surface area contributed by atoms with Crippen molar-refractivity contribution in [1.82, 2.24) is 0 Å². The van der Waals surface area contributed by atoms with E-state index in [-0.39, 0.29) is 18.3 Å². The molecule has 0 saturated heterocycles. The molecule has 0 spiro atoms. The van der Waals surface area contributed by atoms with Crippen molar-refractivity contribution < 1.29 is 19.8 Å². The second-order valence-electron chi connectivity index (χ2n) is 4.62. The highest BCUT2D eigenvalue weighted by Gasteiger charge is 2.44. The molecule has 1 atom stereocenters. The fourth-order valence-electron chi connectivity index (χ4n) is 2.49. The van der Waals surface area contributed by atoms with Crippen LogP contribution in [0.1, 0.15) is 47.0 Å². The lowest BCUT2D eigenvalue weighted by atomic mass is 9.65. The lowest BCUT2D eigenvalue weighted by molar-refractivity contribution is -0.157. The average Bonchev–Trinajstić information content (AvgIpc) is 2.17. The maximum absolute atomic E-state index is 11.4. The van der Waals surface area contributed by atoms with E-state index >= 15 is 0 Å². The summed E-state index contributed by atoms with van der Waals surface area (Å²) in [5, 5.41) is 18.2. The zero-order valence-corrected chi connectivity index (χ0v) is 10.5. The van der Waals surface area contributed by atoms with Crippen molar-refractivity contribution in [2.24, 2.45) is 17.3 Å². The Morgan fingerprint density at radius 3 is 1.75 bits per heavy atom. The van der Waals surface area contributed by atoms with Gasteiger partial charge in [0.1, 0.15) is 0 Å². The van der Waals surface area contributed by atoms with Crippen molar-refractivity contribution in [3.63, 3.8) is 0 Å². The standard InChI is InChI=1S/C12H22O4/c1-5-12(6-2,11(15)16)9(8(3)4)7-10(13)14/h8-9H,5-7H2,1-4H3,(H,13,14)(H,15,16). The van der Waals surface area contributed by atoms with Gasteiger partial charge in [0.15, 0.2) is 0 Å². The topological polar surface area (TPSA) is 74.6 Å². The molecule has 0 aliphatic rings. The van der Waals surface area contributed by atoms with E-state index in [9.17, 15) is 14.7 Å². The van der Waals surface area contributed by atoms with Gasteiger partial charge < -0.3 is 10.2 Å². The molecule has 1 unspecified atom stereocenters. The van der Waals surface area contributed by atoms with Crippen LogP contribution in [0.2, 0.25) is 0 Å². The van der Waals surface area contributed by atoms with Gasteiger partial charge in [-0.05, 0) is 24.7 Å². The monoisotopic (exact) mass is 230 g/mol. The van der Waals surface area contributed by atoms with Gasteiger partial charge in [0.25, 0.3) is 0 Å². The first-order valence-corrected chi connectivity index (χ1v) is 5.77. The van der Waals surface area contributed by atoms with E-state index in [1.54, 1.807) is 0 Å². The molecule has 0 saturated carbocycles. The molecule has 0 aromatic carbocycles. The predicted octanol–water partition coefficient (Wildman–Crippen LogP) is 2.62. The normalized spacial score (nSPS) is 13.8. The molecular formula is C12H22O4. The van der Waals surface area contributed by atoms with Gasteiger partial charge in [-0.2, -0.15) is 0 Å². The van der Waals surface area contributed by atoms with Crippen LogP contribution in [-0.2, 0) is 9.59 Å². The van der Waals surface area contributed by atoms with Crippen LogP contribution >= 0.6 is 0 Å². The molecule has 0 fully saturated rings. The Kier molecular flexibility index (Phi) is 5.48. The maximum Gasteiger partial charge on any atom is 0.309 e. The number of rotatable bonds is 7. The highest BCUT2D eigenvalue weighted by atomic mass is 16.4. The van der Waals surface area contributed by atoms with Crippen LogP contribution < -0.4 is 0 Å². The summed E-state index contributed by atoms with van der Waals surface area (Å²) >= 11 is 0. The number of hydrogen-bond donors (Lipinski definition) is 2. The van der Waals surface area contributed by atoms with Gasteiger partial charge in [-0.25, -0.2) is 0 Å². The molecule has 4 heteroatoms. The quantitative estimate of drug-likeness (QED) is 0.705. The van der Waals surface area contributed by atoms with E-state index in [0.717, 1.165) is 0 Å². The second-order valence-corrected chi connectivity index (χ2v) is 4.62. The minimum Gasteiger partial charge on any atom is -0.481 e. The summed E-state index contributed by atoms with van der Waals surface area (Å²) in [5.74, 6) is -2.08. The van der Waals surface area contributed by atoms with Gasteiger partial charge in [0.2, 0.25) is 0 Å². The van der Waals surface area contributed by atoms with E-state index in [2.05, 4.69) is 0 Å². The second kappa shape index (κ2) is 5.87. The molecule has 4 nitrogen and oxygen atoms in total. The van der Waals surface area contributed by atoms with Crippen molar-refractivity contribution in [2.75, 3.05) is 0 Å². The molecule has 0 radical (unpaired) electrons. The van der Waals surface area contributed by atoms with Crippen molar-refractivity contribution in [3.8, 4) is 0 Å². The minimum absolute atomic E-state index is 0.0482. The first-order chi connectivity index (χ1) is 7.31. The summed E-state index contributed by atoms with van der Waals surface area (Å²) < 4.78 is 0. The van der Waals surface area contributed by atoms with Crippen LogP contribution in [0, 0.1) is 17.3 Å². The molecule has 94 valence electrons. The van der Waals surface area contributed by atoms with Gasteiger partial charge in [-0.15, -0.1) is 0 Å². The molecule has 0 rings (SSSR count). The van der Waals surface area contributed by atoms with Crippen molar-refractivity contribution in [3.05, 3.63) is 0 Å². The Bertz CT molecular complexity index is 254. The van der Waals surface area contributed by atoms with E-state index in [1.807, 2.05) is 27.7 Å². The van der Waals surface area contributed by atoms with E-state index in [0.29, 0.717) is 12.8 Å². The number of carboxylic acids is 2. The lowest BCUT2D eigenvalue weighted by Gasteiger charge is -2.37. The van der Waals surface area contributed by atoms with Gasteiger partial charge in [-0.1, -0.05) is 27.7 Å². The summed E-state index contributed by atoms with van der Waals surface area (Å²) in [5.41, 5.74) is -0.910. The fraction of sp³-hybridized carbons (Fsp3) is 0.833. The Balaban J connectivity index is 5.24. The highest BCUT2D eigenvalue weighted by Crippen LogP contribution is 2.42. The first kappa shape index (κ1) is 14.9. The molecule has 16 heavy (non-hydrogen) atoms. The van der Waals surface area contributed by atoms with Gasteiger partial charge in [0.05, 0.1) is 5.41 Å². The van der Waals surface area contributed by atoms with Crippen LogP contribution in [0.4, 0.5) is 0 Å². The van der Waals surface area contributed by atoms with Gasteiger partial charge in [0, 0.05) is 6.42 Å². The highest BCUT2D eigenvalue weighted by molar-refractivity contribution is 5.76. The van der Waals surface area contributed by atoms with Gasteiger partial charge >= 0.3 is 11.9 Å². The van der Waals surface area contributed by atoms with Crippen LogP contribution in [0.5, 0.6) is 0 Å². The van der Waals surface area contributed by atoms with Crippen molar-refractivity contribution in [1.29, 1.82) is 0 Å². The molecule has 0 heterocycles. The Labute approximate surface area is 96.7 Å². The summed E-state index contributed by atoms with van der Waals surface area (Å²) in [6, 6.07) is 0. The third-order valence-electron chi connectivity index (χ3n) is 3.60. The Hall–Kier alpha value is -1.06. The molecule has 0 aliphatic carbocycles. The zero-order chi connectivity index (χ0) is 12.9. The summed E-state index contributed by atoms with van der Waals surface area (Å²) in [4.78, 5) is 22.2. The largest absolute Gasteiger partial charge is 0.481 e. The molecule has 0 aliphatic heterocycles. The fourth-order valence-corrected chi connectivity index (χ4v) is 2.49. The Morgan fingerprint density at radius 1 is 1.12 bits per heavy atom. The van der Waals surface area contributed by atoms with Crippen LogP contribution in [0.25, 0.3) is 0 Å². The van der Waals surface area contributed by atoms with Crippen LogP contribution in [0.3, 0.4) is 0 Å². The third kappa shape index (κ3) is 2.97. The van der Waals surface area contributed by atoms with Crippen LogP contribution in [0.15, 0.2) is 0 Å². The minimum atomic E-state index is -0.925. The number of carboxylic acid groups (broad SMARTS) is 2. The molecule has 0 bridgehead atoms. The van der Waals surface area contributed by atoms with Crippen LogP contribution in [-0.4, -0.2) is 22.2 Å².